The highest BCUT2D eigenvalue weighted by molar-refractivity contribution is 7.80. The number of pyridine rings is 1. The summed E-state index contributed by atoms with van der Waals surface area (Å²) in [5, 5.41) is 20.0. The van der Waals surface area contributed by atoms with Gasteiger partial charge in [-0.3, -0.25) is 0 Å². The fourth-order valence-corrected chi connectivity index (χ4v) is 2.21. The second-order valence-corrected chi connectivity index (χ2v) is 5.22. The average molecular weight is 313 g/mol. The van der Waals surface area contributed by atoms with E-state index in [0.717, 1.165) is 17.3 Å². The van der Waals surface area contributed by atoms with Crippen molar-refractivity contribution in [2.24, 2.45) is 0 Å². The van der Waals surface area contributed by atoms with Crippen LogP contribution in [-0.2, 0) is 6.42 Å². The van der Waals surface area contributed by atoms with Gasteiger partial charge >= 0.3 is 0 Å². The monoisotopic (exact) mass is 313 g/mol. The number of thiocarbonyl (C=S) groups is 1. The molecule has 2 rings (SSSR count). The Labute approximate surface area is 135 Å². The van der Waals surface area contributed by atoms with Crippen molar-refractivity contribution in [1.82, 2.24) is 15.6 Å². The number of aromatic nitrogens is 1. The minimum Gasteiger partial charge on any atom is -0.367 e. The lowest BCUT2D eigenvalue weighted by Crippen LogP contribution is -2.35. The minimum atomic E-state index is 0.553. The standard InChI is InChI=1S/C16H19N5S/c1-3-11-4-5-14-12(8-11)9-13(10-17)15(21-14)19-6-7-20-16(22)18-2/h4-5,8-9H,3,6-7H2,1-2H3,(H,19,21)(H2,18,20,22). The summed E-state index contributed by atoms with van der Waals surface area (Å²) in [6, 6.07) is 10.2. The SMILES string of the molecule is CCc1ccc2nc(NCCNC(=S)NC)c(C#N)cc2c1. The first-order chi connectivity index (χ1) is 10.7. The molecule has 2 aromatic rings. The first-order valence-electron chi connectivity index (χ1n) is 7.21. The van der Waals surface area contributed by atoms with Gasteiger partial charge in [0.1, 0.15) is 11.9 Å². The fraction of sp³-hybridized carbons (Fsp3) is 0.312. The van der Waals surface area contributed by atoms with Crippen LogP contribution in [0.25, 0.3) is 10.9 Å². The summed E-state index contributed by atoms with van der Waals surface area (Å²) in [6.45, 7) is 3.39. The number of benzene rings is 1. The van der Waals surface area contributed by atoms with Gasteiger partial charge < -0.3 is 16.0 Å². The summed E-state index contributed by atoms with van der Waals surface area (Å²) >= 11 is 5.00. The molecule has 0 saturated heterocycles. The Morgan fingerprint density at radius 1 is 1.32 bits per heavy atom. The Morgan fingerprint density at radius 3 is 2.82 bits per heavy atom. The maximum absolute atomic E-state index is 9.31. The van der Waals surface area contributed by atoms with Gasteiger partial charge in [-0.05, 0) is 42.4 Å². The highest BCUT2D eigenvalue weighted by Crippen LogP contribution is 2.21. The number of nitriles is 1. The molecule has 0 atom stereocenters. The molecule has 22 heavy (non-hydrogen) atoms. The number of rotatable bonds is 5. The fourth-order valence-electron chi connectivity index (χ4n) is 2.11. The van der Waals surface area contributed by atoms with Crippen LogP contribution in [0.4, 0.5) is 5.82 Å². The molecule has 1 heterocycles. The van der Waals surface area contributed by atoms with Crippen LogP contribution in [0.5, 0.6) is 0 Å². The van der Waals surface area contributed by atoms with Crippen molar-refractivity contribution in [3.05, 3.63) is 35.4 Å². The molecule has 1 aromatic heterocycles. The number of hydrogen-bond donors (Lipinski definition) is 3. The molecule has 0 aliphatic carbocycles. The smallest absolute Gasteiger partial charge is 0.166 e. The summed E-state index contributed by atoms with van der Waals surface area (Å²) in [6.07, 6.45) is 0.967. The van der Waals surface area contributed by atoms with Crippen molar-refractivity contribution < 1.29 is 0 Å². The third kappa shape index (κ3) is 3.83. The van der Waals surface area contributed by atoms with E-state index in [1.165, 1.54) is 5.56 Å². The zero-order valence-corrected chi connectivity index (χ0v) is 13.5. The van der Waals surface area contributed by atoms with E-state index in [0.29, 0.717) is 29.6 Å². The summed E-state index contributed by atoms with van der Waals surface area (Å²) in [4.78, 5) is 4.55. The predicted molar refractivity (Wildman–Crippen MR) is 94.0 cm³/mol. The normalized spacial score (nSPS) is 10.0. The Hall–Kier alpha value is -2.39. The third-order valence-electron chi connectivity index (χ3n) is 3.34. The molecule has 114 valence electrons. The van der Waals surface area contributed by atoms with Crippen molar-refractivity contribution in [2.75, 3.05) is 25.5 Å². The molecular formula is C16H19N5S. The van der Waals surface area contributed by atoms with Gasteiger partial charge in [0, 0.05) is 25.5 Å². The van der Waals surface area contributed by atoms with Gasteiger partial charge in [-0.2, -0.15) is 5.26 Å². The van der Waals surface area contributed by atoms with E-state index < -0.39 is 0 Å². The number of nitrogens with one attached hydrogen (secondary N) is 3. The van der Waals surface area contributed by atoms with E-state index in [1.807, 2.05) is 12.1 Å². The van der Waals surface area contributed by atoms with Gasteiger partial charge in [0.05, 0.1) is 11.1 Å². The molecule has 0 aliphatic rings. The lowest BCUT2D eigenvalue weighted by Gasteiger charge is -2.11. The number of nitrogens with zero attached hydrogens (tertiary/aromatic N) is 2. The molecule has 0 unspecified atom stereocenters. The molecular weight excluding hydrogens is 294 g/mol. The second-order valence-electron chi connectivity index (χ2n) is 4.81. The van der Waals surface area contributed by atoms with Crippen molar-refractivity contribution in [3.8, 4) is 6.07 Å². The van der Waals surface area contributed by atoms with E-state index in [-0.39, 0.29) is 0 Å². The Kier molecular flexibility index (Phi) is 5.50. The number of anilines is 1. The van der Waals surface area contributed by atoms with Gasteiger partial charge in [0.2, 0.25) is 0 Å². The molecule has 0 saturated carbocycles. The third-order valence-corrected chi connectivity index (χ3v) is 3.69. The summed E-state index contributed by atoms with van der Waals surface area (Å²) < 4.78 is 0. The highest BCUT2D eigenvalue weighted by atomic mass is 32.1. The number of aryl methyl sites for hydroxylation is 1. The van der Waals surface area contributed by atoms with Crippen molar-refractivity contribution >= 4 is 34.1 Å². The molecule has 0 bridgehead atoms. The van der Waals surface area contributed by atoms with Crippen LogP contribution in [0.1, 0.15) is 18.1 Å². The van der Waals surface area contributed by atoms with Crippen molar-refractivity contribution in [2.45, 2.75) is 13.3 Å². The molecule has 0 fully saturated rings. The number of hydrogen-bond acceptors (Lipinski definition) is 4. The van der Waals surface area contributed by atoms with E-state index in [4.69, 9.17) is 12.2 Å². The van der Waals surface area contributed by atoms with Crippen LogP contribution in [0.3, 0.4) is 0 Å². The minimum absolute atomic E-state index is 0.553. The van der Waals surface area contributed by atoms with E-state index in [9.17, 15) is 5.26 Å². The summed E-state index contributed by atoms with van der Waals surface area (Å²) in [5.74, 6) is 0.608. The first kappa shape index (κ1) is 16.0. The van der Waals surface area contributed by atoms with Crippen molar-refractivity contribution in [1.29, 1.82) is 5.26 Å². The van der Waals surface area contributed by atoms with E-state index >= 15 is 0 Å². The van der Waals surface area contributed by atoms with Crippen LogP contribution in [0.2, 0.25) is 0 Å². The Balaban J connectivity index is 2.15. The summed E-state index contributed by atoms with van der Waals surface area (Å²) in [7, 11) is 1.77. The number of fused-ring (bicyclic) bond motifs is 1. The lowest BCUT2D eigenvalue weighted by atomic mass is 10.1. The van der Waals surface area contributed by atoms with E-state index in [1.54, 1.807) is 7.05 Å². The maximum atomic E-state index is 9.31. The zero-order valence-electron chi connectivity index (χ0n) is 12.7. The summed E-state index contributed by atoms with van der Waals surface area (Å²) in [5.41, 5.74) is 2.68. The molecule has 0 amide bonds. The van der Waals surface area contributed by atoms with Gasteiger partial charge in [-0.1, -0.05) is 13.0 Å². The molecule has 6 heteroatoms. The van der Waals surface area contributed by atoms with Gasteiger partial charge in [0.15, 0.2) is 5.11 Å². The second kappa shape index (κ2) is 7.57. The topological polar surface area (TPSA) is 72.8 Å². The molecule has 0 aliphatic heterocycles. The van der Waals surface area contributed by atoms with Crippen LogP contribution in [-0.4, -0.2) is 30.2 Å². The predicted octanol–water partition coefficient (Wildman–Crippen LogP) is 2.17. The molecule has 5 nitrogen and oxygen atoms in total. The Bertz CT molecular complexity index is 720. The average Bonchev–Trinajstić information content (AvgIpc) is 2.57. The lowest BCUT2D eigenvalue weighted by molar-refractivity contribution is 0.884. The maximum Gasteiger partial charge on any atom is 0.166 e. The molecule has 1 aromatic carbocycles. The molecule has 0 spiro atoms. The molecule has 0 radical (unpaired) electrons. The van der Waals surface area contributed by atoms with E-state index in [2.05, 4.69) is 46.1 Å². The molecule has 3 N–H and O–H groups in total. The zero-order chi connectivity index (χ0) is 15.9. The highest BCUT2D eigenvalue weighted by Gasteiger charge is 2.07. The van der Waals surface area contributed by atoms with Gasteiger partial charge in [-0.15, -0.1) is 0 Å². The van der Waals surface area contributed by atoms with Gasteiger partial charge in [0.25, 0.3) is 0 Å². The Morgan fingerprint density at radius 2 is 2.14 bits per heavy atom. The quantitative estimate of drug-likeness (QED) is 0.580. The van der Waals surface area contributed by atoms with Crippen molar-refractivity contribution in [3.63, 3.8) is 0 Å². The van der Waals surface area contributed by atoms with Gasteiger partial charge in [-0.25, -0.2) is 4.98 Å². The van der Waals surface area contributed by atoms with Crippen LogP contribution in [0, 0.1) is 11.3 Å². The largest absolute Gasteiger partial charge is 0.367 e. The first-order valence-corrected chi connectivity index (χ1v) is 7.62. The van der Waals surface area contributed by atoms with Crippen LogP contribution < -0.4 is 16.0 Å². The van der Waals surface area contributed by atoms with Crippen LogP contribution >= 0.6 is 12.2 Å². The van der Waals surface area contributed by atoms with Crippen LogP contribution in [0.15, 0.2) is 24.3 Å².